The molecule has 0 aromatic heterocycles. The number of aliphatic carboxylic acids is 1. The number of quaternary nitrogens is 1. The van der Waals surface area contributed by atoms with Crippen LogP contribution in [0.2, 0.25) is 0 Å². The van der Waals surface area contributed by atoms with Crippen molar-refractivity contribution in [2.24, 2.45) is 0 Å². The largest absolute Gasteiger partial charge is 0.477 e. The zero-order valence-electron chi connectivity index (χ0n) is 62.6. The Labute approximate surface area is 587 Å². The Bertz CT molecular complexity index is 1980. The van der Waals surface area contributed by atoms with Gasteiger partial charge in [-0.3, -0.25) is 9.59 Å². The van der Waals surface area contributed by atoms with Crippen molar-refractivity contribution in [3.63, 3.8) is 0 Å². The maximum atomic E-state index is 13.0. The first-order valence-corrected chi connectivity index (χ1v) is 39.7. The lowest BCUT2D eigenvalue weighted by atomic mass is 10.0. The van der Waals surface area contributed by atoms with E-state index in [1.54, 1.807) is 0 Å². The third-order valence-electron chi connectivity index (χ3n) is 17.2. The molecule has 0 saturated heterocycles. The standard InChI is InChI=1S/C86H149NO8/c1-6-8-10-12-14-16-18-20-22-24-26-28-30-32-34-36-38-40-42-44-46-48-50-52-54-56-58-60-62-64-66-68-70-72-74-76-83(88)93-80-82(81-94-86(85(90)91)92-79-78-87(3,4)5)95-84(89)77-75-73-71-69-67-65-63-61-59-57-55-53-51-49-47-45-43-41-39-37-35-33-31-29-27-25-23-21-19-17-15-13-11-9-7-2/h8-11,14-17,20-23,26-29,33,35,39,41,82,86H,6-7,12-13,18-19,24-25,30-32,34,36-38,40,42-81H2,1-5H3/p+1/b10-8-,11-9-,16-14-,17-15-,22-20-,23-21-,28-26-,29-27-,35-33-,41-39-. The number of allylic oxidation sites excluding steroid dienone is 20. The summed E-state index contributed by atoms with van der Waals surface area (Å²) in [5.41, 5.74) is 0. The van der Waals surface area contributed by atoms with Crippen LogP contribution in [-0.4, -0.2) is 87.4 Å². The molecular weight excluding hydrogens is 1170 g/mol. The lowest BCUT2D eigenvalue weighted by Gasteiger charge is -2.25. The fourth-order valence-corrected chi connectivity index (χ4v) is 11.2. The number of unbranched alkanes of at least 4 members (excludes halogenated alkanes) is 38. The van der Waals surface area contributed by atoms with E-state index in [1.807, 2.05) is 21.1 Å². The Morgan fingerprint density at radius 2 is 0.568 bits per heavy atom. The highest BCUT2D eigenvalue weighted by Gasteiger charge is 2.25. The van der Waals surface area contributed by atoms with Crippen molar-refractivity contribution in [3.05, 3.63) is 122 Å². The molecule has 2 atom stereocenters. The second-order valence-electron chi connectivity index (χ2n) is 27.6. The summed E-state index contributed by atoms with van der Waals surface area (Å²) < 4.78 is 23.1. The smallest absolute Gasteiger partial charge is 0.361 e. The quantitative estimate of drug-likeness (QED) is 0.0211. The molecule has 0 aliphatic rings. The van der Waals surface area contributed by atoms with Gasteiger partial charge in [0.25, 0.3) is 6.29 Å². The predicted molar refractivity (Wildman–Crippen MR) is 410 cm³/mol. The van der Waals surface area contributed by atoms with E-state index < -0.39 is 24.3 Å². The molecule has 546 valence electrons. The van der Waals surface area contributed by atoms with Gasteiger partial charge in [0.1, 0.15) is 13.2 Å². The van der Waals surface area contributed by atoms with Crippen molar-refractivity contribution >= 4 is 17.9 Å². The Balaban J connectivity index is 4.02. The summed E-state index contributed by atoms with van der Waals surface area (Å²) in [4.78, 5) is 37.8. The summed E-state index contributed by atoms with van der Waals surface area (Å²) in [6, 6.07) is 0. The average Bonchev–Trinajstić information content (AvgIpc) is 3.58. The van der Waals surface area contributed by atoms with Gasteiger partial charge in [0.15, 0.2) is 6.10 Å². The van der Waals surface area contributed by atoms with Gasteiger partial charge in [-0.1, -0.05) is 354 Å². The van der Waals surface area contributed by atoms with Gasteiger partial charge in [-0.2, -0.15) is 0 Å². The molecule has 0 amide bonds. The van der Waals surface area contributed by atoms with Gasteiger partial charge in [0.05, 0.1) is 34.4 Å². The summed E-state index contributed by atoms with van der Waals surface area (Å²) >= 11 is 0. The van der Waals surface area contributed by atoms with E-state index in [-0.39, 0.29) is 32.2 Å². The van der Waals surface area contributed by atoms with Crippen LogP contribution in [0.4, 0.5) is 0 Å². The summed E-state index contributed by atoms with van der Waals surface area (Å²) in [5.74, 6) is -1.99. The normalized spacial score (nSPS) is 13.3. The SMILES string of the molecule is CC/C=C\C/C=C\C/C=C\C/C=C\C/C=C\C/C=C\CCCCCCCCCCCCCCCCCCC(=O)OC(COC(=O)CCCCCCCCCCCCCCCCCCCCCCCC/C=C\C/C=C\C/C=C\C/C=C\CC)COC(OCC[N+](C)(C)C)C(=O)O. The molecule has 0 spiro atoms. The van der Waals surface area contributed by atoms with E-state index in [9.17, 15) is 19.5 Å². The Morgan fingerprint density at radius 1 is 0.316 bits per heavy atom. The molecule has 0 aromatic carbocycles. The van der Waals surface area contributed by atoms with Gasteiger partial charge in [-0.05, 0) is 103 Å². The lowest BCUT2D eigenvalue weighted by Crippen LogP contribution is -2.40. The lowest BCUT2D eigenvalue weighted by molar-refractivity contribution is -0.870. The van der Waals surface area contributed by atoms with Crippen LogP contribution in [0.3, 0.4) is 0 Å². The molecule has 9 heteroatoms. The minimum atomic E-state index is -1.51. The molecule has 95 heavy (non-hydrogen) atoms. The van der Waals surface area contributed by atoms with Crippen LogP contribution < -0.4 is 0 Å². The van der Waals surface area contributed by atoms with Crippen molar-refractivity contribution in [2.75, 3.05) is 47.5 Å². The van der Waals surface area contributed by atoms with E-state index >= 15 is 0 Å². The molecule has 9 nitrogen and oxygen atoms in total. The van der Waals surface area contributed by atoms with Crippen LogP contribution in [0, 0.1) is 0 Å². The zero-order chi connectivity index (χ0) is 69.0. The molecule has 0 aliphatic carbocycles. The number of carboxylic acids is 1. The van der Waals surface area contributed by atoms with Crippen LogP contribution in [0.5, 0.6) is 0 Å². The first kappa shape index (κ1) is 90.7. The van der Waals surface area contributed by atoms with E-state index in [0.29, 0.717) is 17.4 Å². The zero-order valence-corrected chi connectivity index (χ0v) is 62.6. The number of rotatable bonds is 73. The number of carbonyl (C=O) groups excluding carboxylic acids is 2. The Hall–Kier alpha value is -4.31. The fourth-order valence-electron chi connectivity index (χ4n) is 11.2. The van der Waals surface area contributed by atoms with Gasteiger partial charge < -0.3 is 28.5 Å². The van der Waals surface area contributed by atoms with Crippen LogP contribution in [0.1, 0.15) is 348 Å². The summed E-state index contributed by atoms with van der Waals surface area (Å²) in [6.45, 7) is 4.69. The second kappa shape index (κ2) is 75.5. The molecule has 1 N–H and O–H groups in total. The molecule has 0 bridgehead atoms. The molecule has 0 radical (unpaired) electrons. The van der Waals surface area contributed by atoms with Crippen molar-refractivity contribution in [1.29, 1.82) is 0 Å². The second-order valence-corrected chi connectivity index (χ2v) is 27.6. The number of esters is 2. The minimum absolute atomic E-state index is 0.182. The number of hydrogen-bond donors (Lipinski definition) is 1. The van der Waals surface area contributed by atoms with Crippen LogP contribution in [-0.2, 0) is 33.3 Å². The molecule has 0 heterocycles. The first-order chi connectivity index (χ1) is 46.6. The molecule has 2 unspecified atom stereocenters. The van der Waals surface area contributed by atoms with Crippen LogP contribution >= 0.6 is 0 Å². The summed E-state index contributed by atoms with van der Waals surface area (Å²) in [5, 5.41) is 9.78. The van der Waals surface area contributed by atoms with Gasteiger partial charge in [0, 0.05) is 12.8 Å². The topological polar surface area (TPSA) is 108 Å². The highest BCUT2D eigenvalue weighted by atomic mass is 16.7. The summed E-state index contributed by atoms with van der Waals surface area (Å²) in [6.07, 6.45) is 105. The minimum Gasteiger partial charge on any atom is -0.477 e. The highest BCUT2D eigenvalue weighted by Crippen LogP contribution is 2.19. The number of likely N-dealkylation sites (N-methyl/N-ethyl adjacent to an activating group) is 1. The molecule has 0 fully saturated rings. The monoisotopic (exact) mass is 1330 g/mol. The van der Waals surface area contributed by atoms with Crippen LogP contribution in [0.15, 0.2) is 122 Å². The van der Waals surface area contributed by atoms with Gasteiger partial charge >= 0.3 is 17.9 Å². The number of hydrogen-bond acceptors (Lipinski definition) is 7. The maximum absolute atomic E-state index is 13.0. The van der Waals surface area contributed by atoms with Crippen molar-refractivity contribution in [1.82, 2.24) is 0 Å². The molecular formula is C86H150NO8+. The number of carbonyl (C=O) groups is 3. The number of nitrogens with zero attached hydrogens (tertiary/aromatic N) is 1. The van der Waals surface area contributed by atoms with Crippen LogP contribution in [0.25, 0.3) is 0 Å². The number of carboxylic acid groups (broad SMARTS) is 1. The van der Waals surface area contributed by atoms with E-state index in [2.05, 4.69) is 135 Å². The van der Waals surface area contributed by atoms with E-state index in [4.69, 9.17) is 18.9 Å². The third kappa shape index (κ3) is 76.9. The molecule has 0 aromatic rings. The summed E-state index contributed by atoms with van der Waals surface area (Å²) in [7, 11) is 5.99. The highest BCUT2D eigenvalue weighted by molar-refractivity contribution is 5.71. The van der Waals surface area contributed by atoms with E-state index in [0.717, 1.165) is 103 Å². The van der Waals surface area contributed by atoms with Crippen molar-refractivity contribution < 1.29 is 42.9 Å². The van der Waals surface area contributed by atoms with Gasteiger partial charge in [0.2, 0.25) is 0 Å². The molecule has 0 aliphatic heterocycles. The Kier molecular flexibility index (Phi) is 72.0. The van der Waals surface area contributed by atoms with Crippen molar-refractivity contribution in [3.8, 4) is 0 Å². The van der Waals surface area contributed by atoms with Gasteiger partial charge in [-0.25, -0.2) is 4.79 Å². The van der Waals surface area contributed by atoms with E-state index in [1.165, 1.54) is 218 Å². The molecule has 0 saturated carbocycles. The third-order valence-corrected chi connectivity index (χ3v) is 17.2. The average molecular weight is 1330 g/mol. The maximum Gasteiger partial charge on any atom is 0.361 e. The number of ether oxygens (including phenoxy) is 4. The predicted octanol–water partition coefficient (Wildman–Crippen LogP) is 25.5. The Morgan fingerprint density at radius 3 is 0.842 bits per heavy atom. The fraction of sp³-hybridized carbons (Fsp3) is 0.733. The van der Waals surface area contributed by atoms with Gasteiger partial charge in [-0.15, -0.1) is 0 Å². The van der Waals surface area contributed by atoms with Crippen molar-refractivity contribution in [2.45, 2.75) is 360 Å². The first-order valence-electron chi connectivity index (χ1n) is 39.7. The molecule has 0 rings (SSSR count).